The smallest absolute Gasteiger partial charge is 0.181 e. The van der Waals surface area contributed by atoms with E-state index in [1.807, 2.05) is 6.07 Å². The molecule has 0 amide bonds. The summed E-state index contributed by atoms with van der Waals surface area (Å²) < 4.78 is 29.1. The Labute approximate surface area is 218 Å². The molecule has 0 fully saturated rings. The molecule has 1 aliphatic carbocycles. The first-order valence-electron chi connectivity index (χ1n) is 12.5. The molecule has 3 aromatic heterocycles. The molecular formula is C27H29F2N7O2. The average molecular weight is 522 g/mol. The molecule has 0 bridgehead atoms. The Hall–Kier alpha value is -3.70. The number of fused-ring (bicyclic) bond motifs is 1. The minimum atomic E-state index is -0.982. The maximum absolute atomic E-state index is 14.6. The highest BCUT2D eigenvalue weighted by Crippen LogP contribution is 2.61. The zero-order valence-electron chi connectivity index (χ0n) is 21.6. The van der Waals surface area contributed by atoms with Crippen molar-refractivity contribution in [1.29, 1.82) is 0 Å². The summed E-state index contributed by atoms with van der Waals surface area (Å²) >= 11 is 0. The molecule has 11 heteroatoms. The van der Waals surface area contributed by atoms with Gasteiger partial charge in [0, 0.05) is 6.20 Å². The molecule has 0 saturated carbocycles. The van der Waals surface area contributed by atoms with Crippen LogP contribution >= 0.6 is 0 Å². The number of rotatable bonds is 7. The molecule has 4 aromatic rings. The Morgan fingerprint density at radius 2 is 1.82 bits per heavy atom. The minimum absolute atomic E-state index is 0.0193. The fourth-order valence-electron chi connectivity index (χ4n) is 5.64. The number of halogens is 2. The molecule has 2 N–H and O–H groups in total. The number of hydrogen-bond acceptors (Lipinski definition) is 8. The number of aliphatic hydroxyl groups is 2. The third-order valence-electron chi connectivity index (χ3n) is 7.98. The van der Waals surface area contributed by atoms with Crippen molar-refractivity contribution in [2.24, 2.45) is 5.41 Å². The molecule has 1 aromatic carbocycles. The highest BCUT2D eigenvalue weighted by Gasteiger charge is 2.57. The summed E-state index contributed by atoms with van der Waals surface area (Å²) in [6, 6.07) is 7.33. The number of nitrogens with zero attached hydrogens (tertiary/aromatic N) is 7. The van der Waals surface area contributed by atoms with E-state index in [1.54, 1.807) is 12.3 Å². The second-order valence-corrected chi connectivity index (χ2v) is 10.3. The van der Waals surface area contributed by atoms with Crippen LogP contribution in [0, 0.1) is 17.0 Å². The maximum atomic E-state index is 14.6. The van der Waals surface area contributed by atoms with Crippen LogP contribution in [0.5, 0.6) is 0 Å². The summed E-state index contributed by atoms with van der Waals surface area (Å²) in [5, 5.41) is 36.1. The predicted octanol–water partition coefficient (Wildman–Crippen LogP) is 3.66. The van der Waals surface area contributed by atoms with Gasteiger partial charge in [-0.3, -0.25) is 0 Å². The Kier molecular flexibility index (Phi) is 6.52. The van der Waals surface area contributed by atoms with E-state index in [1.165, 1.54) is 29.2 Å². The lowest BCUT2D eigenvalue weighted by Gasteiger charge is -2.41. The van der Waals surface area contributed by atoms with E-state index in [-0.39, 0.29) is 29.1 Å². The normalized spacial score (nSPS) is 20.9. The van der Waals surface area contributed by atoms with Gasteiger partial charge in [0.25, 0.3) is 0 Å². The lowest BCUT2D eigenvalue weighted by molar-refractivity contribution is 0.0746. The van der Waals surface area contributed by atoms with Crippen molar-refractivity contribution in [2.45, 2.75) is 58.1 Å². The standard InChI is InChI=1S/C27H29F2N7O2/c1-5-17-16-11-20(23-18(28)7-6-8-19(23)29)33-34-24(16)27(4,26(17,2)3)22-9-10-30-25(32-22)21-12-31-36(35-21)13-15(38)14-37/h6-12,15,17,37-38H,5,13-14H2,1-4H3/t15-,17+,27+/m1/s1. The van der Waals surface area contributed by atoms with E-state index >= 15 is 0 Å². The molecule has 0 aliphatic heterocycles. The fourth-order valence-corrected chi connectivity index (χ4v) is 5.64. The van der Waals surface area contributed by atoms with Crippen LogP contribution in [-0.4, -0.2) is 58.1 Å². The van der Waals surface area contributed by atoms with Crippen molar-refractivity contribution < 1.29 is 19.0 Å². The summed E-state index contributed by atoms with van der Waals surface area (Å²) in [6.07, 6.45) is 2.95. The Morgan fingerprint density at radius 1 is 1.08 bits per heavy atom. The van der Waals surface area contributed by atoms with Gasteiger partial charge < -0.3 is 10.2 Å². The monoisotopic (exact) mass is 521 g/mol. The Morgan fingerprint density at radius 3 is 2.50 bits per heavy atom. The van der Waals surface area contributed by atoms with Gasteiger partial charge in [0.05, 0.1) is 53.5 Å². The first-order chi connectivity index (χ1) is 18.1. The van der Waals surface area contributed by atoms with E-state index in [9.17, 15) is 13.9 Å². The summed E-state index contributed by atoms with van der Waals surface area (Å²) in [7, 11) is 0. The summed E-state index contributed by atoms with van der Waals surface area (Å²) in [6.45, 7) is 8.05. The van der Waals surface area contributed by atoms with Crippen LogP contribution in [0.1, 0.15) is 57.0 Å². The van der Waals surface area contributed by atoms with Gasteiger partial charge in [0.1, 0.15) is 17.3 Å². The van der Waals surface area contributed by atoms with Crippen LogP contribution in [0.25, 0.3) is 22.8 Å². The van der Waals surface area contributed by atoms with Crippen molar-refractivity contribution in [3.63, 3.8) is 0 Å². The molecule has 38 heavy (non-hydrogen) atoms. The third-order valence-corrected chi connectivity index (χ3v) is 7.98. The van der Waals surface area contributed by atoms with E-state index in [2.05, 4.69) is 53.1 Å². The topological polar surface area (TPSA) is 123 Å². The largest absolute Gasteiger partial charge is 0.394 e. The second-order valence-electron chi connectivity index (χ2n) is 10.3. The van der Waals surface area contributed by atoms with Gasteiger partial charge in [-0.25, -0.2) is 18.7 Å². The summed E-state index contributed by atoms with van der Waals surface area (Å²) in [4.78, 5) is 10.5. The van der Waals surface area contributed by atoms with E-state index in [0.717, 1.165) is 12.0 Å². The van der Waals surface area contributed by atoms with Gasteiger partial charge in [0.15, 0.2) is 5.82 Å². The van der Waals surface area contributed by atoms with Gasteiger partial charge in [-0.1, -0.05) is 26.8 Å². The summed E-state index contributed by atoms with van der Waals surface area (Å²) in [5.74, 6) is -1.01. The second kappa shape index (κ2) is 9.55. The number of hydrogen-bond donors (Lipinski definition) is 2. The molecule has 0 radical (unpaired) electrons. The van der Waals surface area contributed by atoms with Crippen LogP contribution in [0.15, 0.2) is 42.7 Å². The van der Waals surface area contributed by atoms with Crippen LogP contribution < -0.4 is 0 Å². The molecule has 198 valence electrons. The SMILES string of the molecule is CC[C@H]1c2cc(-c3c(F)cccc3F)nnc2[C@](C)(c2ccnc(-c3cnn(C[C@@H](O)CO)n3)n2)C1(C)C. The first kappa shape index (κ1) is 25.9. The van der Waals surface area contributed by atoms with Gasteiger partial charge in [-0.15, -0.1) is 10.2 Å². The highest BCUT2D eigenvalue weighted by molar-refractivity contribution is 5.63. The Bertz CT molecular complexity index is 1470. The van der Waals surface area contributed by atoms with Crippen molar-refractivity contribution in [3.8, 4) is 22.8 Å². The van der Waals surface area contributed by atoms with Crippen molar-refractivity contribution in [1.82, 2.24) is 35.2 Å². The van der Waals surface area contributed by atoms with Gasteiger partial charge >= 0.3 is 0 Å². The van der Waals surface area contributed by atoms with Crippen LogP contribution in [-0.2, 0) is 12.0 Å². The van der Waals surface area contributed by atoms with E-state index in [0.29, 0.717) is 22.9 Å². The van der Waals surface area contributed by atoms with Gasteiger partial charge in [0.2, 0.25) is 0 Å². The predicted molar refractivity (Wildman–Crippen MR) is 135 cm³/mol. The van der Waals surface area contributed by atoms with Crippen LogP contribution in [0.2, 0.25) is 0 Å². The number of aromatic nitrogens is 7. The van der Waals surface area contributed by atoms with Crippen molar-refractivity contribution in [3.05, 3.63) is 71.3 Å². The third kappa shape index (κ3) is 3.97. The number of benzene rings is 1. The quantitative estimate of drug-likeness (QED) is 0.378. The van der Waals surface area contributed by atoms with Gasteiger partial charge in [-0.2, -0.15) is 15.0 Å². The maximum Gasteiger partial charge on any atom is 0.181 e. The lowest BCUT2D eigenvalue weighted by atomic mass is 9.62. The van der Waals surface area contributed by atoms with Crippen LogP contribution in [0.3, 0.4) is 0 Å². The van der Waals surface area contributed by atoms with Crippen molar-refractivity contribution in [2.75, 3.05) is 6.61 Å². The average Bonchev–Trinajstić information content (AvgIpc) is 3.43. The molecule has 9 nitrogen and oxygen atoms in total. The zero-order chi connectivity index (χ0) is 27.2. The first-order valence-corrected chi connectivity index (χ1v) is 12.5. The zero-order valence-corrected chi connectivity index (χ0v) is 21.6. The van der Waals surface area contributed by atoms with Crippen LogP contribution in [0.4, 0.5) is 8.78 Å². The van der Waals surface area contributed by atoms with E-state index < -0.39 is 29.8 Å². The molecule has 1 aliphatic rings. The van der Waals surface area contributed by atoms with Crippen molar-refractivity contribution >= 4 is 0 Å². The molecule has 0 saturated heterocycles. The Balaban J connectivity index is 1.61. The molecular weight excluding hydrogens is 492 g/mol. The fraction of sp³-hybridized carbons (Fsp3) is 0.407. The minimum Gasteiger partial charge on any atom is -0.394 e. The summed E-state index contributed by atoms with van der Waals surface area (Å²) in [5.41, 5.74) is 1.58. The molecule has 0 spiro atoms. The molecule has 0 unspecified atom stereocenters. The van der Waals surface area contributed by atoms with E-state index in [4.69, 9.17) is 10.1 Å². The number of aliphatic hydroxyl groups excluding tert-OH is 2. The molecule has 5 rings (SSSR count). The molecule has 3 heterocycles. The lowest BCUT2D eigenvalue weighted by Crippen LogP contribution is -2.40. The molecule has 3 atom stereocenters. The van der Waals surface area contributed by atoms with Gasteiger partial charge in [-0.05, 0) is 54.5 Å². The highest BCUT2D eigenvalue weighted by atomic mass is 19.1.